The van der Waals surface area contributed by atoms with E-state index in [1.165, 1.54) is 6.08 Å². The number of halogens is 2. The van der Waals surface area contributed by atoms with Crippen LogP contribution in [-0.2, 0) is 50.8 Å². The molecule has 0 N–H and O–H groups in total. The second-order valence-electron chi connectivity index (χ2n) is 13.0. The zero-order chi connectivity index (χ0) is 38.4. The zero-order valence-corrected chi connectivity index (χ0v) is 38.9. The summed E-state index contributed by atoms with van der Waals surface area (Å²) in [6.45, 7) is 32.7. The molecule has 7 unspecified atom stereocenters. The number of ether oxygens (including phenoxy) is 6. The van der Waals surface area contributed by atoms with Crippen molar-refractivity contribution in [3.05, 3.63) is 37.5 Å². The van der Waals surface area contributed by atoms with Crippen molar-refractivity contribution in [2.45, 2.75) is 151 Å². The molecule has 2 heterocycles. The van der Waals surface area contributed by atoms with Crippen molar-refractivity contribution in [2.75, 3.05) is 26.4 Å². The number of hydrogen-bond donors (Lipinski definition) is 0. The van der Waals surface area contributed by atoms with E-state index in [1.54, 1.807) is 34.2 Å². The van der Waals surface area contributed by atoms with Gasteiger partial charge in [-0.25, -0.2) is 4.79 Å². The molecule has 54 heavy (non-hydrogen) atoms. The summed E-state index contributed by atoms with van der Waals surface area (Å²) in [5, 5.41) is 0. The second-order valence-corrected chi connectivity index (χ2v) is 13.0. The fraction of sp³-hybridized carbons (Fsp3) is 0.714. The molecule has 0 aromatic heterocycles. The Morgan fingerprint density at radius 3 is 1.80 bits per heavy atom. The molecule has 0 amide bonds. The van der Waals surface area contributed by atoms with Crippen LogP contribution in [0, 0.1) is 47.5 Å². The fourth-order valence-electron chi connectivity index (χ4n) is 8.47. The third-order valence-electron chi connectivity index (χ3n) is 10.4. The van der Waals surface area contributed by atoms with Gasteiger partial charge in [0.1, 0.15) is 23.4 Å². The standard InChI is InChI=1S/C20H30O4.C18H26O4.C2H3.2CH4.BrH.Cu.HI.Mg/c1-7-12-19-17(22-9-3)15(5)11-13-20(19,23-10-4)18(6,8-2)14-16(21)24-19;1-6-10-18-16(20-7-2)13(4)9-11-17(18,21-8-3)14(5)12-15(19)22-18;1-2;;;;;;/h8,15,17H,2,9-11,13-14H2,1,3-6H3;12-13,16H,7-9,11H2,1-5H3;1H,2H2;2*1H4;1H;;1H;/q;;-1;;;;+1;;+2/p-2/t15?,17?,18?,19?,20-;13?,16?,17-,18?;;;;;;;/m00......./s1. The molecule has 2 aliphatic carbocycles. The Morgan fingerprint density at radius 2 is 1.35 bits per heavy atom. The summed E-state index contributed by atoms with van der Waals surface area (Å²) in [6, 6.07) is 0. The van der Waals surface area contributed by atoms with E-state index in [0.29, 0.717) is 26.4 Å². The van der Waals surface area contributed by atoms with Crippen molar-refractivity contribution >= 4 is 55.3 Å². The number of fused-ring (bicyclic) bond motifs is 2. The van der Waals surface area contributed by atoms with E-state index in [0.717, 1.165) is 31.3 Å². The minimum Gasteiger partial charge on any atom is 2.00 e. The summed E-state index contributed by atoms with van der Waals surface area (Å²) < 4.78 is 36.5. The first-order valence-corrected chi connectivity index (χ1v) is 20.6. The van der Waals surface area contributed by atoms with Gasteiger partial charge in [0.05, 0.1) is 6.42 Å². The SMILES string of the molecule is C.C.C=CC1(C)CC(=O)OC2(C#CC)C(OCC)C(C)CC[C@]12OCC.CC#CC12OC(=O)C=C(C)[C@@]1(OCC)CCC(C)C2OCC.[Br-].[CH-]=C.[Cu][I].[Mg+2]. The van der Waals surface area contributed by atoms with Crippen molar-refractivity contribution < 1.29 is 67.8 Å². The first kappa shape index (κ1) is 60.3. The molecule has 4 aliphatic rings. The Labute approximate surface area is 375 Å². The molecule has 4 rings (SSSR count). The van der Waals surface area contributed by atoms with Crippen LogP contribution in [0.15, 0.2) is 30.9 Å². The Balaban J connectivity index is -0.000000398. The minimum atomic E-state index is -1.11. The summed E-state index contributed by atoms with van der Waals surface area (Å²) in [5.74, 6) is 12.1. The van der Waals surface area contributed by atoms with Gasteiger partial charge in [-0.15, -0.1) is 18.4 Å². The van der Waals surface area contributed by atoms with Gasteiger partial charge in [0.15, 0.2) is 0 Å². The van der Waals surface area contributed by atoms with Crippen LogP contribution in [0.1, 0.15) is 116 Å². The summed E-state index contributed by atoms with van der Waals surface area (Å²) in [6.07, 6.45) is 6.41. The average molecular weight is 995 g/mol. The molecule has 0 spiro atoms. The molecule has 0 bridgehead atoms. The van der Waals surface area contributed by atoms with Gasteiger partial charge in [-0.2, -0.15) is 0 Å². The predicted octanol–water partition coefficient (Wildman–Crippen LogP) is 5.74. The molecule has 310 valence electrons. The van der Waals surface area contributed by atoms with E-state index in [2.05, 4.69) is 70.0 Å². The summed E-state index contributed by atoms with van der Waals surface area (Å²) in [4.78, 5) is 24.7. The Hall–Kier alpha value is -0.384. The number of hydrogen-bond acceptors (Lipinski definition) is 8. The molecular weight excluding hydrogens is 927 g/mol. The van der Waals surface area contributed by atoms with Crippen molar-refractivity contribution in [2.24, 2.45) is 17.3 Å². The van der Waals surface area contributed by atoms with E-state index in [-0.39, 0.29) is 97.3 Å². The topological polar surface area (TPSA) is 89.5 Å². The largest absolute Gasteiger partial charge is 2.00 e. The third-order valence-corrected chi connectivity index (χ3v) is 10.4. The summed E-state index contributed by atoms with van der Waals surface area (Å²) in [7, 11) is 0. The fourth-order valence-corrected chi connectivity index (χ4v) is 8.47. The minimum absolute atomic E-state index is 0. The molecule has 12 heteroatoms. The Kier molecular flexibility index (Phi) is 30.5. The third kappa shape index (κ3) is 11.2. The molecule has 0 radical (unpaired) electrons. The van der Waals surface area contributed by atoms with Crippen LogP contribution in [0.25, 0.3) is 0 Å². The van der Waals surface area contributed by atoms with Gasteiger partial charge >= 0.3 is 68.1 Å². The molecule has 3 fully saturated rings. The predicted molar refractivity (Wildman–Crippen MR) is 221 cm³/mol. The maximum atomic E-state index is 12.5. The summed E-state index contributed by atoms with van der Waals surface area (Å²) in [5.41, 5.74) is -3.32. The van der Waals surface area contributed by atoms with Crippen LogP contribution in [0.2, 0.25) is 0 Å². The Bertz CT molecular complexity index is 1330. The van der Waals surface area contributed by atoms with Gasteiger partial charge in [-0.05, 0) is 103 Å². The van der Waals surface area contributed by atoms with Crippen molar-refractivity contribution in [3.8, 4) is 23.7 Å². The molecule has 2 saturated carbocycles. The van der Waals surface area contributed by atoms with Crippen LogP contribution in [0.5, 0.6) is 0 Å². The van der Waals surface area contributed by atoms with Gasteiger partial charge in [-0.1, -0.05) is 41.7 Å². The van der Waals surface area contributed by atoms with Crippen LogP contribution >= 0.6 is 20.3 Å². The summed E-state index contributed by atoms with van der Waals surface area (Å²) >= 11 is 5.87. The maximum Gasteiger partial charge on any atom is 2.00 e. The number of carbonyl (C=O) groups is 2. The van der Waals surface area contributed by atoms with E-state index in [9.17, 15) is 9.59 Å². The quantitative estimate of drug-likeness (QED) is 0.0723. The molecular formula is C42H67BrCuIMgO8. The van der Waals surface area contributed by atoms with Gasteiger partial charge in [0.25, 0.3) is 0 Å². The second kappa shape index (κ2) is 27.3. The van der Waals surface area contributed by atoms with Gasteiger partial charge in [-0.3, -0.25) is 11.4 Å². The van der Waals surface area contributed by atoms with Crippen molar-refractivity contribution in [1.82, 2.24) is 0 Å². The number of esters is 2. The Morgan fingerprint density at radius 1 is 0.889 bits per heavy atom. The first-order valence-electron chi connectivity index (χ1n) is 17.5. The first-order chi connectivity index (χ1) is 23.8. The zero-order valence-electron chi connectivity index (χ0n) is 32.9. The van der Waals surface area contributed by atoms with Gasteiger partial charge in [0, 0.05) is 37.9 Å². The molecule has 9 atom stereocenters. The smallest absolute Gasteiger partial charge is 2.00 e. The van der Waals surface area contributed by atoms with Crippen LogP contribution in [0.4, 0.5) is 0 Å². The number of carbonyl (C=O) groups excluding carboxylic acids is 2. The van der Waals surface area contributed by atoms with E-state index >= 15 is 0 Å². The average Bonchev–Trinajstić information content (AvgIpc) is 3.09. The van der Waals surface area contributed by atoms with Gasteiger partial charge < -0.3 is 52.0 Å². The molecule has 1 saturated heterocycles. The van der Waals surface area contributed by atoms with Crippen LogP contribution < -0.4 is 17.0 Å². The molecule has 0 aromatic carbocycles. The van der Waals surface area contributed by atoms with Crippen LogP contribution in [-0.4, -0.2) is 96.0 Å². The molecule has 0 aromatic rings. The normalized spacial score (nSPS) is 34.0. The van der Waals surface area contributed by atoms with Gasteiger partial charge in [0.2, 0.25) is 11.2 Å². The monoisotopic (exact) mass is 992 g/mol. The van der Waals surface area contributed by atoms with E-state index in [1.807, 2.05) is 47.6 Å². The number of rotatable bonds is 9. The van der Waals surface area contributed by atoms with Crippen LogP contribution in [0.3, 0.4) is 0 Å². The molecule has 8 nitrogen and oxygen atoms in total. The van der Waals surface area contributed by atoms with Crippen molar-refractivity contribution in [3.63, 3.8) is 0 Å². The van der Waals surface area contributed by atoms with Crippen molar-refractivity contribution in [1.29, 1.82) is 0 Å². The maximum absolute atomic E-state index is 12.5. The molecule has 2 aliphatic heterocycles. The van der Waals surface area contributed by atoms with E-state index in [4.69, 9.17) is 28.4 Å². The van der Waals surface area contributed by atoms with E-state index < -0.39 is 27.8 Å².